The largest absolute Gasteiger partial charge is 0.497 e. The average Bonchev–Trinajstić information content (AvgIpc) is 3.30. The summed E-state index contributed by atoms with van der Waals surface area (Å²) in [6, 6.07) is 10.5. The number of ether oxygens (including phenoxy) is 1. The minimum atomic E-state index is 0.674. The summed E-state index contributed by atoms with van der Waals surface area (Å²) in [6.07, 6.45) is 4.37. The molecule has 0 aliphatic heterocycles. The minimum absolute atomic E-state index is 0.674. The lowest BCUT2D eigenvalue weighted by atomic mass is 10.1. The Bertz CT molecular complexity index is 550. The van der Waals surface area contributed by atoms with Gasteiger partial charge >= 0.3 is 0 Å². The number of nitrogens with zero attached hydrogens (tertiary/aromatic N) is 2. The van der Waals surface area contributed by atoms with Crippen molar-refractivity contribution < 1.29 is 4.74 Å². The molecule has 4 nitrogen and oxygen atoms in total. The standard InChI is InChI=1S/C15H17N3O/c1-19-13-6-2-11(3-7-13)14-8-9-16-15(18-14)10-17-12-4-5-12/h2-3,6-9,12,17H,4-5,10H2,1H3. The van der Waals surface area contributed by atoms with Gasteiger partial charge in [0.15, 0.2) is 0 Å². The Morgan fingerprint density at radius 1 is 1.21 bits per heavy atom. The van der Waals surface area contributed by atoms with Crippen LogP contribution < -0.4 is 10.1 Å². The van der Waals surface area contributed by atoms with Gasteiger partial charge in [-0.25, -0.2) is 9.97 Å². The first-order chi connectivity index (χ1) is 9.35. The number of methoxy groups -OCH3 is 1. The van der Waals surface area contributed by atoms with Crippen molar-refractivity contribution >= 4 is 0 Å². The highest BCUT2D eigenvalue weighted by atomic mass is 16.5. The van der Waals surface area contributed by atoms with Gasteiger partial charge in [0.25, 0.3) is 0 Å². The second kappa shape index (κ2) is 5.36. The topological polar surface area (TPSA) is 47.0 Å². The molecule has 0 amide bonds. The summed E-state index contributed by atoms with van der Waals surface area (Å²) >= 11 is 0. The maximum absolute atomic E-state index is 5.16. The van der Waals surface area contributed by atoms with E-state index in [9.17, 15) is 0 Å². The van der Waals surface area contributed by atoms with Gasteiger partial charge in [-0.3, -0.25) is 0 Å². The van der Waals surface area contributed by atoms with Crippen LogP contribution in [0.3, 0.4) is 0 Å². The highest BCUT2D eigenvalue weighted by Gasteiger charge is 2.20. The highest BCUT2D eigenvalue weighted by molar-refractivity contribution is 5.59. The monoisotopic (exact) mass is 255 g/mol. The van der Waals surface area contributed by atoms with Crippen molar-refractivity contribution in [3.8, 4) is 17.0 Å². The second-order valence-electron chi connectivity index (χ2n) is 4.74. The van der Waals surface area contributed by atoms with Crippen LogP contribution in [0.4, 0.5) is 0 Å². The van der Waals surface area contributed by atoms with E-state index in [0.29, 0.717) is 6.04 Å². The second-order valence-corrected chi connectivity index (χ2v) is 4.74. The molecule has 1 aliphatic rings. The Labute approximate surface area is 112 Å². The molecule has 19 heavy (non-hydrogen) atoms. The van der Waals surface area contributed by atoms with Crippen molar-refractivity contribution in [3.05, 3.63) is 42.4 Å². The molecule has 1 aromatic heterocycles. The van der Waals surface area contributed by atoms with Crippen LogP contribution in [0.5, 0.6) is 5.75 Å². The third-order valence-electron chi connectivity index (χ3n) is 3.22. The smallest absolute Gasteiger partial charge is 0.142 e. The first-order valence-corrected chi connectivity index (χ1v) is 6.55. The lowest BCUT2D eigenvalue weighted by molar-refractivity contribution is 0.415. The Hall–Kier alpha value is -1.94. The van der Waals surface area contributed by atoms with E-state index in [1.807, 2.05) is 36.5 Å². The Morgan fingerprint density at radius 3 is 2.68 bits per heavy atom. The van der Waals surface area contributed by atoms with Crippen molar-refractivity contribution in [3.63, 3.8) is 0 Å². The fourth-order valence-corrected chi connectivity index (χ4v) is 1.93. The van der Waals surface area contributed by atoms with Gasteiger partial charge in [0.05, 0.1) is 19.3 Å². The zero-order valence-electron chi connectivity index (χ0n) is 11.0. The molecule has 0 bridgehead atoms. The molecule has 0 unspecified atom stereocenters. The van der Waals surface area contributed by atoms with Gasteiger partial charge in [0.2, 0.25) is 0 Å². The Balaban J connectivity index is 1.76. The third-order valence-corrected chi connectivity index (χ3v) is 3.22. The van der Waals surface area contributed by atoms with Crippen molar-refractivity contribution in [2.24, 2.45) is 0 Å². The molecule has 98 valence electrons. The molecule has 1 aromatic carbocycles. The van der Waals surface area contributed by atoms with E-state index in [4.69, 9.17) is 4.74 Å². The predicted molar refractivity (Wildman–Crippen MR) is 73.9 cm³/mol. The molecule has 0 spiro atoms. The van der Waals surface area contributed by atoms with Crippen LogP contribution in [-0.4, -0.2) is 23.1 Å². The zero-order valence-corrected chi connectivity index (χ0v) is 11.0. The Kier molecular flexibility index (Phi) is 3.42. The molecule has 1 N–H and O–H groups in total. The predicted octanol–water partition coefficient (Wildman–Crippen LogP) is 2.40. The average molecular weight is 255 g/mol. The van der Waals surface area contributed by atoms with Crippen LogP contribution in [0.15, 0.2) is 36.5 Å². The molecular formula is C15H17N3O. The summed E-state index contributed by atoms with van der Waals surface area (Å²) in [4.78, 5) is 8.88. The van der Waals surface area contributed by atoms with Crippen LogP contribution in [0.2, 0.25) is 0 Å². The minimum Gasteiger partial charge on any atom is -0.497 e. The van der Waals surface area contributed by atoms with E-state index in [1.54, 1.807) is 7.11 Å². The molecule has 0 radical (unpaired) electrons. The lowest BCUT2D eigenvalue weighted by Crippen LogP contribution is -2.17. The third kappa shape index (κ3) is 3.09. The van der Waals surface area contributed by atoms with Gasteiger partial charge in [0.1, 0.15) is 11.6 Å². The SMILES string of the molecule is COc1ccc(-c2ccnc(CNC3CC3)n2)cc1. The molecule has 1 fully saturated rings. The van der Waals surface area contributed by atoms with E-state index in [1.165, 1.54) is 12.8 Å². The maximum atomic E-state index is 5.16. The van der Waals surface area contributed by atoms with Crippen LogP contribution >= 0.6 is 0 Å². The molecule has 1 heterocycles. The number of hydrogen-bond acceptors (Lipinski definition) is 4. The number of hydrogen-bond donors (Lipinski definition) is 1. The van der Waals surface area contributed by atoms with E-state index < -0.39 is 0 Å². The van der Waals surface area contributed by atoms with Gasteiger partial charge in [0, 0.05) is 17.8 Å². The number of aromatic nitrogens is 2. The van der Waals surface area contributed by atoms with E-state index in [2.05, 4.69) is 15.3 Å². The Morgan fingerprint density at radius 2 is 2.00 bits per heavy atom. The van der Waals surface area contributed by atoms with Crippen LogP contribution in [0.1, 0.15) is 18.7 Å². The van der Waals surface area contributed by atoms with Crippen molar-refractivity contribution in [1.29, 1.82) is 0 Å². The number of benzene rings is 1. The first-order valence-electron chi connectivity index (χ1n) is 6.55. The molecule has 2 aromatic rings. The van der Waals surface area contributed by atoms with Gasteiger partial charge in [-0.15, -0.1) is 0 Å². The summed E-state index contributed by atoms with van der Waals surface area (Å²) in [6.45, 7) is 0.745. The normalized spacial score (nSPS) is 14.4. The van der Waals surface area contributed by atoms with Gasteiger partial charge in [-0.05, 0) is 43.2 Å². The molecule has 0 atom stereocenters. The molecule has 0 saturated heterocycles. The van der Waals surface area contributed by atoms with Gasteiger partial charge in [-0.2, -0.15) is 0 Å². The van der Waals surface area contributed by atoms with Crippen molar-refractivity contribution in [2.45, 2.75) is 25.4 Å². The summed E-state index contributed by atoms with van der Waals surface area (Å²) in [5.74, 6) is 1.70. The summed E-state index contributed by atoms with van der Waals surface area (Å²) < 4.78 is 5.16. The molecule has 1 saturated carbocycles. The van der Waals surface area contributed by atoms with E-state index in [-0.39, 0.29) is 0 Å². The summed E-state index contributed by atoms with van der Waals surface area (Å²) in [7, 11) is 1.67. The first kappa shape index (κ1) is 12.1. The van der Waals surface area contributed by atoms with Crippen molar-refractivity contribution in [2.75, 3.05) is 7.11 Å². The zero-order chi connectivity index (χ0) is 13.1. The van der Waals surface area contributed by atoms with E-state index >= 15 is 0 Å². The lowest BCUT2D eigenvalue weighted by Gasteiger charge is -2.06. The maximum Gasteiger partial charge on any atom is 0.142 e. The quantitative estimate of drug-likeness (QED) is 0.891. The molecular weight excluding hydrogens is 238 g/mol. The van der Waals surface area contributed by atoms with E-state index in [0.717, 1.165) is 29.4 Å². The highest BCUT2D eigenvalue weighted by Crippen LogP contribution is 2.21. The fraction of sp³-hybridized carbons (Fsp3) is 0.333. The van der Waals surface area contributed by atoms with Gasteiger partial charge in [-0.1, -0.05) is 0 Å². The van der Waals surface area contributed by atoms with Gasteiger partial charge < -0.3 is 10.1 Å². The van der Waals surface area contributed by atoms with Crippen LogP contribution in [-0.2, 0) is 6.54 Å². The summed E-state index contributed by atoms with van der Waals surface area (Å²) in [5, 5.41) is 3.42. The molecule has 3 rings (SSSR count). The van der Waals surface area contributed by atoms with Crippen LogP contribution in [0, 0.1) is 0 Å². The summed E-state index contributed by atoms with van der Waals surface area (Å²) in [5.41, 5.74) is 2.03. The fourth-order valence-electron chi connectivity index (χ4n) is 1.93. The number of nitrogens with one attached hydrogen (secondary N) is 1. The number of rotatable bonds is 5. The van der Waals surface area contributed by atoms with Crippen molar-refractivity contribution in [1.82, 2.24) is 15.3 Å². The molecule has 1 aliphatic carbocycles. The van der Waals surface area contributed by atoms with Crippen LogP contribution in [0.25, 0.3) is 11.3 Å². The molecule has 4 heteroatoms.